The van der Waals surface area contributed by atoms with Gasteiger partial charge in [0.05, 0.1) is 17.0 Å². The van der Waals surface area contributed by atoms with Crippen LogP contribution in [0, 0.1) is 11.7 Å². The lowest BCUT2D eigenvalue weighted by Gasteiger charge is -2.16. The lowest BCUT2D eigenvalue weighted by molar-refractivity contribution is 0.0694. The molecule has 4 N–H and O–H groups in total. The number of aromatic amines is 1. The van der Waals surface area contributed by atoms with E-state index in [0.29, 0.717) is 47.2 Å². The molecule has 0 saturated heterocycles. The Kier molecular flexibility index (Phi) is 3.80. The lowest BCUT2D eigenvalue weighted by Crippen LogP contribution is -2.17. The van der Waals surface area contributed by atoms with Crippen LogP contribution in [0.25, 0.3) is 22.8 Å². The molecule has 1 unspecified atom stereocenters. The first-order valence-corrected chi connectivity index (χ1v) is 9.38. The number of fused-ring (bicyclic) bond motifs is 3. The van der Waals surface area contributed by atoms with Crippen LogP contribution in [0.1, 0.15) is 46.1 Å². The van der Waals surface area contributed by atoms with Gasteiger partial charge in [-0.1, -0.05) is 12.1 Å². The number of aryl methyl sites for hydroxylation is 1. The molecule has 6 nitrogen and oxygen atoms in total. The van der Waals surface area contributed by atoms with Crippen molar-refractivity contribution in [3.8, 4) is 22.8 Å². The molecule has 0 aliphatic heterocycles. The Morgan fingerprint density at radius 3 is 2.86 bits per heavy atom. The molecule has 7 heteroatoms. The lowest BCUT2D eigenvalue weighted by atomic mass is 9.91. The number of carbonyl (C=O) groups is 1. The molecule has 1 fully saturated rings. The standard InChI is InChI=1S/C21H19FN4O2/c22-13-3-1-2-11(8-13)20-24-9-12-6-7-14-15(21(27)28)19(16(23)10-4-5-10)25-18(14)17(12)26-20/h1-3,8-10,16,25H,4-7,23H2,(H,27,28). The summed E-state index contributed by atoms with van der Waals surface area (Å²) in [6, 6.07) is 5.81. The maximum Gasteiger partial charge on any atom is 0.337 e. The summed E-state index contributed by atoms with van der Waals surface area (Å²) in [6.07, 6.45) is 5.04. The highest BCUT2D eigenvalue weighted by molar-refractivity contribution is 5.94. The van der Waals surface area contributed by atoms with Crippen molar-refractivity contribution in [3.63, 3.8) is 0 Å². The van der Waals surface area contributed by atoms with Crippen LogP contribution in [-0.2, 0) is 12.8 Å². The largest absolute Gasteiger partial charge is 0.478 e. The minimum Gasteiger partial charge on any atom is -0.478 e. The molecule has 3 aromatic rings. The Balaban J connectivity index is 1.66. The van der Waals surface area contributed by atoms with Crippen LogP contribution in [0.2, 0.25) is 0 Å². The van der Waals surface area contributed by atoms with Gasteiger partial charge in [-0.2, -0.15) is 0 Å². The Hall–Kier alpha value is -3.06. The summed E-state index contributed by atoms with van der Waals surface area (Å²) in [5, 5.41) is 9.82. The highest BCUT2D eigenvalue weighted by Crippen LogP contribution is 2.43. The van der Waals surface area contributed by atoms with E-state index < -0.39 is 5.97 Å². The molecule has 5 rings (SSSR count). The minimum atomic E-state index is -0.966. The molecule has 1 saturated carbocycles. The van der Waals surface area contributed by atoms with Crippen molar-refractivity contribution in [2.45, 2.75) is 31.7 Å². The minimum absolute atomic E-state index is 0.283. The van der Waals surface area contributed by atoms with Gasteiger partial charge in [-0.15, -0.1) is 0 Å². The summed E-state index contributed by atoms with van der Waals surface area (Å²) in [5.74, 6) is -0.590. The van der Waals surface area contributed by atoms with E-state index >= 15 is 0 Å². The first kappa shape index (κ1) is 17.1. The summed E-state index contributed by atoms with van der Waals surface area (Å²) in [6.45, 7) is 0. The zero-order valence-corrected chi connectivity index (χ0v) is 15.1. The predicted molar refractivity (Wildman–Crippen MR) is 101 cm³/mol. The maximum absolute atomic E-state index is 13.6. The number of H-pyrrole nitrogens is 1. The number of nitrogens with zero attached hydrogens (tertiary/aromatic N) is 2. The zero-order chi connectivity index (χ0) is 19.4. The average Bonchev–Trinajstić information content (AvgIpc) is 3.45. The van der Waals surface area contributed by atoms with E-state index in [1.54, 1.807) is 18.3 Å². The van der Waals surface area contributed by atoms with Crippen molar-refractivity contribution < 1.29 is 14.3 Å². The monoisotopic (exact) mass is 378 g/mol. The normalized spacial score (nSPS) is 16.4. The van der Waals surface area contributed by atoms with Crippen LogP contribution in [0.3, 0.4) is 0 Å². The van der Waals surface area contributed by atoms with Gasteiger partial charge in [0.15, 0.2) is 5.82 Å². The molecular weight excluding hydrogens is 359 g/mol. The highest BCUT2D eigenvalue weighted by atomic mass is 19.1. The van der Waals surface area contributed by atoms with Crippen LogP contribution in [0.4, 0.5) is 4.39 Å². The predicted octanol–water partition coefficient (Wildman–Crippen LogP) is 3.48. The van der Waals surface area contributed by atoms with E-state index in [1.807, 2.05) is 0 Å². The van der Waals surface area contributed by atoms with Gasteiger partial charge in [0.1, 0.15) is 5.82 Å². The molecule has 1 atom stereocenters. The summed E-state index contributed by atoms with van der Waals surface area (Å²) in [4.78, 5) is 24.3. The molecule has 2 aromatic heterocycles. The summed E-state index contributed by atoms with van der Waals surface area (Å²) in [7, 11) is 0. The van der Waals surface area contributed by atoms with Crippen LogP contribution >= 0.6 is 0 Å². The van der Waals surface area contributed by atoms with Crippen molar-refractivity contribution in [2.75, 3.05) is 0 Å². The quantitative estimate of drug-likeness (QED) is 0.645. The first-order valence-electron chi connectivity index (χ1n) is 9.38. The average molecular weight is 378 g/mol. The van der Waals surface area contributed by atoms with Gasteiger partial charge in [0.25, 0.3) is 0 Å². The van der Waals surface area contributed by atoms with Gasteiger partial charge in [-0.25, -0.2) is 19.2 Å². The van der Waals surface area contributed by atoms with Crippen molar-refractivity contribution in [2.24, 2.45) is 11.7 Å². The fourth-order valence-electron chi connectivity index (χ4n) is 4.03. The third-order valence-corrected chi connectivity index (χ3v) is 5.64. The Labute approximate surface area is 160 Å². The maximum atomic E-state index is 13.6. The molecular formula is C21H19FN4O2. The third kappa shape index (κ3) is 2.70. The molecule has 2 heterocycles. The second-order valence-corrected chi connectivity index (χ2v) is 7.51. The highest BCUT2D eigenvalue weighted by Gasteiger charge is 2.36. The van der Waals surface area contributed by atoms with E-state index in [1.165, 1.54) is 12.1 Å². The number of nitrogens with two attached hydrogens (primary N) is 1. The van der Waals surface area contributed by atoms with Crippen LogP contribution in [-0.4, -0.2) is 26.0 Å². The van der Waals surface area contributed by atoms with Crippen LogP contribution in [0.15, 0.2) is 30.5 Å². The molecule has 142 valence electrons. The van der Waals surface area contributed by atoms with Crippen molar-refractivity contribution in [3.05, 3.63) is 58.7 Å². The molecule has 2 aliphatic carbocycles. The number of hydrogen-bond acceptors (Lipinski definition) is 4. The number of aromatic nitrogens is 3. The summed E-state index contributed by atoms with van der Waals surface area (Å²) in [5.41, 5.74) is 10.8. The van der Waals surface area contributed by atoms with E-state index in [4.69, 9.17) is 5.73 Å². The fraction of sp³-hybridized carbons (Fsp3) is 0.286. The van der Waals surface area contributed by atoms with Gasteiger partial charge in [0, 0.05) is 23.5 Å². The molecule has 0 radical (unpaired) electrons. The van der Waals surface area contributed by atoms with Crippen molar-refractivity contribution in [1.82, 2.24) is 15.0 Å². The number of carboxylic acid groups (broad SMARTS) is 1. The number of rotatable bonds is 4. The second-order valence-electron chi connectivity index (χ2n) is 7.51. The fourth-order valence-corrected chi connectivity index (χ4v) is 4.03. The molecule has 0 bridgehead atoms. The Morgan fingerprint density at radius 1 is 1.32 bits per heavy atom. The van der Waals surface area contributed by atoms with Crippen LogP contribution in [0.5, 0.6) is 0 Å². The van der Waals surface area contributed by atoms with Gasteiger partial charge in [-0.3, -0.25) is 0 Å². The van der Waals surface area contributed by atoms with Crippen molar-refractivity contribution in [1.29, 1.82) is 0 Å². The van der Waals surface area contributed by atoms with E-state index in [-0.39, 0.29) is 17.4 Å². The Bertz CT molecular complexity index is 1100. The summed E-state index contributed by atoms with van der Waals surface area (Å²) < 4.78 is 13.6. The van der Waals surface area contributed by atoms with Gasteiger partial charge < -0.3 is 15.8 Å². The SMILES string of the molecule is NC(c1[nH]c2c(c1C(=O)O)CCc1cnc(-c3cccc(F)c3)nc1-2)C1CC1. The van der Waals surface area contributed by atoms with Crippen LogP contribution < -0.4 is 5.73 Å². The third-order valence-electron chi connectivity index (χ3n) is 5.64. The summed E-state index contributed by atoms with van der Waals surface area (Å²) >= 11 is 0. The molecule has 0 spiro atoms. The Morgan fingerprint density at radius 2 is 2.14 bits per heavy atom. The van der Waals surface area contributed by atoms with E-state index in [2.05, 4.69) is 15.0 Å². The number of hydrogen-bond donors (Lipinski definition) is 3. The van der Waals surface area contributed by atoms with E-state index in [0.717, 1.165) is 24.0 Å². The van der Waals surface area contributed by atoms with Gasteiger partial charge in [0.2, 0.25) is 0 Å². The van der Waals surface area contributed by atoms with Crippen molar-refractivity contribution >= 4 is 5.97 Å². The molecule has 28 heavy (non-hydrogen) atoms. The van der Waals surface area contributed by atoms with Gasteiger partial charge in [-0.05, 0) is 54.9 Å². The zero-order valence-electron chi connectivity index (χ0n) is 15.1. The molecule has 1 aromatic carbocycles. The number of nitrogens with one attached hydrogen (secondary N) is 1. The smallest absolute Gasteiger partial charge is 0.337 e. The molecule has 2 aliphatic rings. The molecule has 0 amide bonds. The first-order chi connectivity index (χ1) is 13.5. The second kappa shape index (κ2) is 6.24. The number of halogens is 1. The number of carboxylic acids is 1. The van der Waals surface area contributed by atoms with E-state index in [9.17, 15) is 14.3 Å². The number of benzene rings is 1. The topological polar surface area (TPSA) is 105 Å². The van der Waals surface area contributed by atoms with Gasteiger partial charge >= 0.3 is 5.97 Å². The number of aromatic carboxylic acids is 1.